The molecule has 8 heteroatoms. The highest BCUT2D eigenvalue weighted by Crippen LogP contribution is 2.27. The predicted octanol–water partition coefficient (Wildman–Crippen LogP) is 3.31. The Bertz CT molecular complexity index is 1050. The van der Waals surface area contributed by atoms with Gasteiger partial charge in [-0.2, -0.15) is 0 Å². The van der Waals surface area contributed by atoms with E-state index in [-0.39, 0.29) is 41.3 Å². The van der Waals surface area contributed by atoms with Crippen molar-refractivity contribution in [2.75, 3.05) is 0 Å². The first-order valence-electron chi connectivity index (χ1n) is 11.7. The molecule has 2 aromatic rings. The van der Waals surface area contributed by atoms with E-state index in [4.69, 9.17) is 5.73 Å². The number of phenols is 1. The zero-order valence-electron chi connectivity index (χ0n) is 19.6. The Balaban J connectivity index is 2.22. The monoisotopic (exact) mass is 454 g/mol. The van der Waals surface area contributed by atoms with Crippen LogP contribution in [0.1, 0.15) is 81.5 Å². The molecule has 2 amide bonds. The van der Waals surface area contributed by atoms with Gasteiger partial charge in [0, 0.05) is 24.1 Å². The lowest BCUT2D eigenvalue weighted by Crippen LogP contribution is -2.42. The lowest BCUT2D eigenvalue weighted by atomic mass is 9.95. The summed E-state index contributed by atoms with van der Waals surface area (Å²) in [7, 11) is 0. The molecule has 0 aliphatic heterocycles. The van der Waals surface area contributed by atoms with Gasteiger partial charge in [0.25, 0.3) is 11.5 Å². The van der Waals surface area contributed by atoms with Crippen molar-refractivity contribution in [3.63, 3.8) is 0 Å². The summed E-state index contributed by atoms with van der Waals surface area (Å²) >= 11 is 0. The van der Waals surface area contributed by atoms with E-state index in [1.165, 1.54) is 16.7 Å². The topological polar surface area (TPSA) is 127 Å². The summed E-state index contributed by atoms with van der Waals surface area (Å²) < 4.78 is 1.38. The number of aromatic nitrogens is 2. The molecule has 1 aliphatic rings. The summed E-state index contributed by atoms with van der Waals surface area (Å²) in [4.78, 5) is 43.5. The fourth-order valence-corrected chi connectivity index (χ4v) is 4.45. The van der Waals surface area contributed by atoms with Crippen LogP contribution in [-0.4, -0.2) is 32.5 Å². The van der Waals surface area contributed by atoms with Crippen LogP contribution in [0.15, 0.2) is 29.1 Å². The van der Waals surface area contributed by atoms with Crippen LogP contribution in [-0.2, 0) is 11.2 Å². The lowest BCUT2D eigenvalue weighted by molar-refractivity contribution is -0.118. The molecule has 0 bridgehead atoms. The largest absolute Gasteiger partial charge is 0.508 e. The normalized spacial score (nSPS) is 15.4. The Morgan fingerprint density at radius 3 is 2.36 bits per heavy atom. The van der Waals surface area contributed by atoms with Gasteiger partial charge in [-0.3, -0.25) is 19.0 Å². The van der Waals surface area contributed by atoms with E-state index in [1.807, 2.05) is 13.8 Å². The maximum Gasteiger partial charge on any atom is 0.273 e. The van der Waals surface area contributed by atoms with Crippen molar-refractivity contribution in [1.82, 2.24) is 14.9 Å². The first-order chi connectivity index (χ1) is 15.7. The van der Waals surface area contributed by atoms with Crippen molar-refractivity contribution >= 4 is 11.8 Å². The molecule has 1 aromatic heterocycles. The molecular formula is C25H34N4O4. The first kappa shape index (κ1) is 24.5. The third-order valence-electron chi connectivity index (χ3n) is 6.01. The number of carbonyl (C=O) groups is 2. The van der Waals surface area contributed by atoms with Crippen molar-refractivity contribution in [1.29, 1.82) is 0 Å². The molecule has 3 rings (SSSR count). The van der Waals surface area contributed by atoms with Crippen molar-refractivity contribution in [3.8, 4) is 17.0 Å². The predicted molar refractivity (Wildman–Crippen MR) is 127 cm³/mol. The lowest BCUT2D eigenvalue weighted by Gasteiger charge is -2.26. The van der Waals surface area contributed by atoms with Crippen molar-refractivity contribution < 1.29 is 14.7 Å². The summed E-state index contributed by atoms with van der Waals surface area (Å²) in [6, 6.07) is 5.79. The van der Waals surface area contributed by atoms with Gasteiger partial charge in [-0.25, -0.2) is 4.98 Å². The van der Waals surface area contributed by atoms with E-state index in [9.17, 15) is 19.5 Å². The van der Waals surface area contributed by atoms with E-state index in [0.717, 1.165) is 32.1 Å². The molecule has 1 atom stereocenters. The minimum atomic E-state index is -0.619. The van der Waals surface area contributed by atoms with Crippen molar-refractivity contribution in [3.05, 3.63) is 46.0 Å². The smallest absolute Gasteiger partial charge is 0.273 e. The molecule has 0 spiro atoms. The maximum absolute atomic E-state index is 13.6. The van der Waals surface area contributed by atoms with Gasteiger partial charge in [0.1, 0.15) is 22.8 Å². The summed E-state index contributed by atoms with van der Waals surface area (Å²) in [6.07, 6.45) is 5.37. The van der Waals surface area contributed by atoms with Crippen LogP contribution in [0.3, 0.4) is 0 Å². The molecule has 0 saturated heterocycles. The summed E-state index contributed by atoms with van der Waals surface area (Å²) in [6.45, 7) is 5.69. The average Bonchev–Trinajstić information content (AvgIpc) is 2.75. The summed E-state index contributed by atoms with van der Waals surface area (Å²) in [5, 5.41) is 12.8. The molecular weight excluding hydrogens is 420 g/mol. The van der Waals surface area contributed by atoms with E-state index < -0.39 is 11.9 Å². The second-order valence-electron chi connectivity index (χ2n) is 9.40. The molecule has 1 saturated carbocycles. The Morgan fingerprint density at radius 1 is 1.15 bits per heavy atom. The molecule has 1 heterocycles. The van der Waals surface area contributed by atoms with Gasteiger partial charge in [-0.1, -0.05) is 33.1 Å². The van der Waals surface area contributed by atoms with Crippen LogP contribution in [0.2, 0.25) is 0 Å². The Hall–Kier alpha value is -3.16. The van der Waals surface area contributed by atoms with Crippen LogP contribution in [0.25, 0.3) is 11.3 Å². The zero-order chi connectivity index (χ0) is 24.1. The van der Waals surface area contributed by atoms with Gasteiger partial charge < -0.3 is 16.2 Å². The molecule has 8 nitrogen and oxygen atoms in total. The SMILES string of the molecule is CC(C)Cc1nc(-c2ccc(O)cc2)c(C(=O)NC2CCCCC2)n(C(C)CC(N)=O)c1=O. The van der Waals surface area contributed by atoms with E-state index >= 15 is 0 Å². The number of rotatable bonds is 8. The van der Waals surface area contributed by atoms with Crippen LogP contribution < -0.4 is 16.6 Å². The Kier molecular flexibility index (Phi) is 7.89. The Labute approximate surface area is 194 Å². The number of hydrogen-bond acceptors (Lipinski definition) is 5. The molecule has 4 N–H and O–H groups in total. The number of amides is 2. The Morgan fingerprint density at radius 2 is 1.79 bits per heavy atom. The minimum Gasteiger partial charge on any atom is -0.508 e. The minimum absolute atomic E-state index is 0.0317. The number of phenolic OH excluding ortho intramolecular Hbond substituents is 1. The molecule has 33 heavy (non-hydrogen) atoms. The van der Waals surface area contributed by atoms with Gasteiger partial charge in [0.15, 0.2) is 0 Å². The molecule has 1 fully saturated rings. The molecule has 0 radical (unpaired) electrons. The number of hydrogen-bond donors (Lipinski definition) is 3. The quantitative estimate of drug-likeness (QED) is 0.564. The van der Waals surface area contributed by atoms with Gasteiger partial charge in [-0.05, 0) is 56.4 Å². The van der Waals surface area contributed by atoms with Gasteiger partial charge in [0.05, 0.1) is 0 Å². The number of aromatic hydroxyl groups is 1. The third kappa shape index (κ3) is 6.00. The number of nitrogens with zero attached hydrogens (tertiary/aromatic N) is 2. The van der Waals surface area contributed by atoms with Crippen molar-refractivity contribution in [2.45, 2.75) is 77.8 Å². The molecule has 1 unspecified atom stereocenters. The average molecular weight is 455 g/mol. The highest BCUT2D eigenvalue weighted by molar-refractivity contribution is 5.98. The van der Waals surface area contributed by atoms with Gasteiger partial charge >= 0.3 is 0 Å². The highest BCUT2D eigenvalue weighted by Gasteiger charge is 2.28. The highest BCUT2D eigenvalue weighted by atomic mass is 16.3. The van der Waals surface area contributed by atoms with Crippen LogP contribution in [0, 0.1) is 5.92 Å². The number of benzene rings is 1. The van der Waals surface area contributed by atoms with Crippen LogP contribution in [0.5, 0.6) is 5.75 Å². The number of nitrogens with two attached hydrogens (primary N) is 1. The number of primary amides is 1. The third-order valence-corrected chi connectivity index (χ3v) is 6.01. The van der Waals surface area contributed by atoms with Crippen molar-refractivity contribution in [2.24, 2.45) is 11.7 Å². The summed E-state index contributed by atoms with van der Waals surface area (Å²) in [5.74, 6) is -0.687. The van der Waals surface area contributed by atoms with Crippen LogP contribution in [0.4, 0.5) is 0 Å². The molecule has 1 aliphatic carbocycles. The van der Waals surface area contributed by atoms with E-state index in [1.54, 1.807) is 19.1 Å². The van der Waals surface area contributed by atoms with Gasteiger partial charge in [-0.15, -0.1) is 0 Å². The van der Waals surface area contributed by atoms with E-state index in [0.29, 0.717) is 23.4 Å². The first-order valence-corrected chi connectivity index (χ1v) is 11.7. The maximum atomic E-state index is 13.6. The van der Waals surface area contributed by atoms with Crippen LogP contribution >= 0.6 is 0 Å². The standard InChI is InChI=1S/C25H34N4O4/c1-15(2)13-20-25(33)29(16(3)14-21(26)31)23(24(32)27-18-7-5-4-6-8-18)22(28-20)17-9-11-19(30)12-10-17/h9-12,15-16,18,30H,4-8,13-14H2,1-3H3,(H2,26,31)(H,27,32). The zero-order valence-corrected chi connectivity index (χ0v) is 19.6. The number of nitrogens with one attached hydrogen (secondary N) is 1. The summed E-state index contributed by atoms with van der Waals surface area (Å²) in [5.41, 5.74) is 6.48. The second-order valence-corrected chi connectivity index (χ2v) is 9.40. The molecule has 178 valence electrons. The molecule has 1 aromatic carbocycles. The fourth-order valence-electron chi connectivity index (χ4n) is 4.45. The second kappa shape index (κ2) is 10.6. The number of carbonyl (C=O) groups excluding carboxylic acids is 2. The van der Waals surface area contributed by atoms with E-state index in [2.05, 4.69) is 10.3 Å². The van der Waals surface area contributed by atoms with Gasteiger partial charge in [0.2, 0.25) is 5.91 Å². The fraction of sp³-hybridized carbons (Fsp3) is 0.520.